The molecule has 0 aromatic rings. The fraction of sp³-hybridized carbons (Fsp3) is 0.364. The summed E-state index contributed by atoms with van der Waals surface area (Å²) >= 11 is 0. The Balaban J connectivity index is 2.71. The summed E-state index contributed by atoms with van der Waals surface area (Å²) in [6.07, 6.45) is 10.3. The van der Waals surface area contributed by atoms with Gasteiger partial charge in [-0.25, -0.2) is 16.8 Å². The van der Waals surface area contributed by atoms with Crippen LogP contribution in [0.1, 0.15) is 0 Å². The van der Waals surface area contributed by atoms with E-state index in [1.54, 1.807) is 0 Å². The molecule has 0 bridgehead atoms. The Kier molecular flexibility index (Phi) is 12.5. The second-order valence-corrected chi connectivity index (χ2v) is 11.7. The van der Waals surface area contributed by atoms with Gasteiger partial charge in [-0.2, -0.15) is 14.1 Å². The molecule has 0 amide bonds. The molecule has 16 nitrogen and oxygen atoms in total. The van der Waals surface area contributed by atoms with Gasteiger partial charge >= 0.3 is 5.08 Å². The highest BCUT2D eigenvalue weighted by molar-refractivity contribution is 7.93. The maximum absolute atomic E-state index is 13.4. The average molecular weight is 598 g/mol. The summed E-state index contributed by atoms with van der Waals surface area (Å²) in [6, 6.07) is 0. The maximum atomic E-state index is 13.4. The van der Waals surface area contributed by atoms with Crippen molar-refractivity contribution in [2.45, 2.75) is 0 Å². The van der Waals surface area contributed by atoms with Gasteiger partial charge in [0.1, 0.15) is 0 Å². The lowest BCUT2D eigenvalue weighted by atomic mass is 10.0. The largest absolute Gasteiger partial charge is 0.395 e. The van der Waals surface area contributed by atoms with Crippen molar-refractivity contribution in [1.82, 2.24) is 8.61 Å². The van der Waals surface area contributed by atoms with Crippen molar-refractivity contribution < 1.29 is 37.3 Å². The first kappa shape index (κ1) is 32.7. The number of sulfonamides is 2. The number of allylic oxidation sites excluding steroid dienone is 10. The Morgan fingerprint density at radius 1 is 0.750 bits per heavy atom. The molecule has 2 rings (SSSR count). The first-order valence-electron chi connectivity index (χ1n) is 11.6. The molecule has 0 radical (unpaired) electrons. The monoisotopic (exact) mass is 597 g/mol. The summed E-state index contributed by atoms with van der Waals surface area (Å²) in [5.74, 6) is 0. The smallest absolute Gasteiger partial charge is 0.339 e. The predicted octanol–water partition coefficient (Wildman–Crippen LogP) is -0.425. The molecule has 0 atom stereocenters. The molecule has 0 fully saturated rings. The quantitative estimate of drug-likeness (QED) is 0.0989. The lowest BCUT2D eigenvalue weighted by Gasteiger charge is -2.24. The highest BCUT2D eigenvalue weighted by atomic mass is 32.2. The predicted molar refractivity (Wildman–Crippen MR) is 145 cm³/mol. The fourth-order valence-electron chi connectivity index (χ4n) is 3.61. The van der Waals surface area contributed by atoms with Gasteiger partial charge < -0.3 is 20.4 Å². The minimum Gasteiger partial charge on any atom is -0.395 e. The van der Waals surface area contributed by atoms with E-state index in [0.717, 1.165) is 20.8 Å². The van der Waals surface area contributed by atoms with Crippen LogP contribution in [0.4, 0.5) is 0 Å². The van der Waals surface area contributed by atoms with E-state index in [0.29, 0.717) is 0 Å². The van der Waals surface area contributed by atoms with E-state index >= 15 is 0 Å². The molecule has 0 saturated heterocycles. The fourth-order valence-corrected chi connectivity index (χ4v) is 6.86. The lowest BCUT2D eigenvalue weighted by molar-refractivity contribution is 0.218. The summed E-state index contributed by atoms with van der Waals surface area (Å²) in [5.41, 5.74) is 7.10. The van der Waals surface area contributed by atoms with Crippen LogP contribution in [-0.2, 0) is 20.0 Å². The molecule has 5 N–H and O–H groups in total. The Bertz CT molecular complexity index is 1450. The SMILES string of the molecule is N#[N+]N=C1C=C/C(=C/C=C2\C=CC(=NN=N)C=C2S(=O)(=O)N(CCO)CCO)C(S(=O)(=O)N(CCO)CCO)=C1. The van der Waals surface area contributed by atoms with Gasteiger partial charge in [0.25, 0.3) is 5.39 Å². The molecule has 0 aromatic carbocycles. The molecule has 0 aromatic heterocycles. The van der Waals surface area contributed by atoms with Crippen LogP contribution in [0.15, 0.2) is 85.0 Å². The van der Waals surface area contributed by atoms with Gasteiger partial charge in [-0.3, -0.25) is 0 Å². The molecule has 18 heteroatoms. The van der Waals surface area contributed by atoms with Crippen molar-refractivity contribution in [1.29, 1.82) is 10.9 Å². The average Bonchev–Trinajstić information content (AvgIpc) is 2.92. The van der Waals surface area contributed by atoms with Crippen LogP contribution in [0.25, 0.3) is 5.08 Å². The number of aliphatic hydroxyl groups excluding tert-OH is 4. The molecule has 40 heavy (non-hydrogen) atoms. The maximum Gasteiger partial charge on any atom is 0.339 e. The number of rotatable bonds is 14. The van der Waals surface area contributed by atoms with E-state index in [9.17, 15) is 37.3 Å². The Labute approximate surface area is 230 Å². The van der Waals surface area contributed by atoms with Crippen molar-refractivity contribution in [2.75, 3.05) is 52.6 Å². The molecular formula is C22H29N8O8S2+. The highest BCUT2D eigenvalue weighted by Gasteiger charge is 2.32. The first-order chi connectivity index (χ1) is 19.1. The summed E-state index contributed by atoms with van der Waals surface area (Å²) in [4.78, 5) is -0.644. The standard InChI is InChI=1S/C22H29N8O8S2/c23-27-25-19-5-3-17(21(15-19)39(35,36)29(7-11-31)8-12-32)1-2-18-4-6-20(26-28-24)16-22(18)40(37,38)30(9-13-33)10-14-34/h1-6,15-16,23,31-34H,7-14H2/q+1/b17-1+,18-2-,25-19?,26-20?,27-23?. The Morgan fingerprint density at radius 3 is 1.52 bits per heavy atom. The molecular weight excluding hydrogens is 568 g/mol. The molecule has 2 aliphatic rings. The van der Waals surface area contributed by atoms with E-state index in [1.807, 2.05) is 0 Å². The van der Waals surface area contributed by atoms with Gasteiger partial charge in [-0.05, 0) is 35.5 Å². The van der Waals surface area contributed by atoms with Crippen LogP contribution in [0.2, 0.25) is 0 Å². The minimum atomic E-state index is -4.33. The molecule has 0 spiro atoms. The van der Waals surface area contributed by atoms with Crippen molar-refractivity contribution in [3.63, 3.8) is 0 Å². The van der Waals surface area contributed by atoms with Crippen molar-refractivity contribution in [3.8, 4) is 0 Å². The summed E-state index contributed by atoms with van der Waals surface area (Å²) in [5, 5.41) is 58.7. The molecule has 0 saturated carbocycles. The van der Waals surface area contributed by atoms with Gasteiger partial charge in [0.2, 0.25) is 20.0 Å². The zero-order valence-electron chi connectivity index (χ0n) is 21.1. The van der Waals surface area contributed by atoms with Crippen LogP contribution in [0, 0.1) is 10.9 Å². The summed E-state index contributed by atoms with van der Waals surface area (Å²) in [7, 11) is -8.65. The van der Waals surface area contributed by atoms with Gasteiger partial charge in [-0.15, -0.1) is 5.10 Å². The van der Waals surface area contributed by atoms with E-state index in [-0.39, 0.29) is 58.6 Å². The van der Waals surface area contributed by atoms with Crippen molar-refractivity contribution in [3.05, 3.63) is 74.6 Å². The number of hydrogen-bond acceptors (Lipinski definition) is 12. The molecule has 0 heterocycles. The Morgan fingerprint density at radius 2 is 1.15 bits per heavy atom. The highest BCUT2D eigenvalue weighted by Crippen LogP contribution is 2.29. The molecule has 0 unspecified atom stereocenters. The van der Waals surface area contributed by atoms with Crippen molar-refractivity contribution >= 4 is 31.5 Å². The van der Waals surface area contributed by atoms with Gasteiger partial charge in [0.05, 0.1) is 41.9 Å². The van der Waals surface area contributed by atoms with Gasteiger partial charge in [0, 0.05) is 26.2 Å². The number of nitrogens with zero attached hydrogens (tertiary/aromatic N) is 7. The Hall–Kier alpha value is -3.54. The second kappa shape index (κ2) is 15.3. The molecule has 216 valence electrons. The van der Waals surface area contributed by atoms with Gasteiger partial charge in [-0.1, -0.05) is 29.5 Å². The zero-order chi connectivity index (χ0) is 29.8. The van der Waals surface area contributed by atoms with Crippen molar-refractivity contribution in [2.24, 2.45) is 15.4 Å². The van der Waals surface area contributed by atoms with Crippen LogP contribution in [-0.4, -0.2) is 110 Å². The van der Waals surface area contributed by atoms with Crippen LogP contribution >= 0.6 is 0 Å². The van der Waals surface area contributed by atoms with Crippen LogP contribution < -0.4 is 0 Å². The molecule has 2 aliphatic carbocycles. The summed E-state index contributed by atoms with van der Waals surface area (Å²) < 4.78 is 55.4. The first-order valence-corrected chi connectivity index (χ1v) is 14.5. The lowest BCUT2D eigenvalue weighted by Crippen LogP contribution is -2.37. The van der Waals surface area contributed by atoms with E-state index in [4.69, 9.17) is 10.9 Å². The number of hydrogen-bond donors (Lipinski definition) is 5. The second-order valence-electron chi connectivity index (χ2n) is 7.87. The number of diazo groups is 1. The minimum absolute atomic E-state index is 0.0248. The van der Waals surface area contributed by atoms with Gasteiger partial charge in [0.15, 0.2) is 10.8 Å². The number of aliphatic hydroxyl groups is 4. The number of nitrogens with one attached hydrogen (secondary N) is 1. The third kappa shape index (κ3) is 8.00. The third-order valence-electron chi connectivity index (χ3n) is 5.40. The van der Waals surface area contributed by atoms with Crippen LogP contribution in [0.3, 0.4) is 0 Å². The normalized spacial score (nSPS) is 20.0. The van der Waals surface area contributed by atoms with E-state index in [1.165, 1.54) is 36.5 Å². The van der Waals surface area contributed by atoms with Crippen LogP contribution in [0.5, 0.6) is 0 Å². The summed E-state index contributed by atoms with van der Waals surface area (Å²) in [6.45, 7) is -3.36. The zero-order valence-corrected chi connectivity index (χ0v) is 22.8. The third-order valence-corrected chi connectivity index (χ3v) is 9.30. The molecule has 0 aliphatic heterocycles. The topological polar surface area (TPSA) is 245 Å². The van der Waals surface area contributed by atoms with E-state index in [2.05, 4.69) is 20.5 Å². The van der Waals surface area contributed by atoms with E-state index < -0.39 is 46.5 Å².